The first-order chi connectivity index (χ1) is 8.19. The average molecular weight is 231 g/mol. The highest BCUT2D eigenvalue weighted by Crippen LogP contribution is 2.20. The van der Waals surface area contributed by atoms with Crippen LogP contribution in [0.15, 0.2) is 30.3 Å². The summed E-state index contributed by atoms with van der Waals surface area (Å²) in [6.07, 6.45) is 0. The van der Waals surface area contributed by atoms with Gasteiger partial charge in [-0.3, -0.25) is 0 Å². The van der Waals surface area contributed by atoms with Crippen LogP contribution < -0.4 is 5.32 Å². The van der Waals surface area contributed by atoms with Crippen molar-refractivity contribution < 1.29 is 4.39 Å². The minimum absolute atomic E-state index is 0.260. The molecule has 2 aromatic rings. The zero-order chi connectivity index (χ0) is 12.3. The molecule has 0 saturated heterocycles. The van der Waals surface area contributed by atoms with Crippen molar-refractivity contribution >= 4 is 5.82 Å². The minimum atomic E-state index is -0.260. The second kappa shape index (κ2) is 4.91. The van der Waals surface area contributed by atoms with E-state index in [-0.39, 0.29) is 5.82 Å². The summed E-state index contributed by atoms with van der Waals surface area (Å²) < 4.78 is 13.1. The van der Waals surface area contributed by atoms with Crippen LogP contribution in [0.4, 0.5) is 10.2 Å². The summed E-state index contributed by atoms with van der Waals surface area (Å²) in [5, 5.41) is 3.13. The zero-order valence-electron chi connectivity index (χ0n) is 9.87. The quantitative estimate of drug-likeness (QED) is 0.882. The van der Waals surface area contributed by atoms with Gasteiger partial charge in [0.25, 0.3) is 0 Å². The summed E-state index contributed by atoms with van der Waals surface area (Å²) in [6, 6.07) is 8.22. The first kappa shape index (κ1) is 11.5. The number of nitrogens with zero attached hydrogens (tertiary/aromatic N) is 2. The Hall–Kier alpha value is -1.97. The van der Waals surface area contributed by atoms with Crippen molar-refractivity contribution in [2.45, 2.75) is 13.8 Å². The first-order valence-electron chi connectivity index (χ1n) is 5.54. The molecule has 4 heteroatoms. The fourth-order valence-corrected chi connectivity index (χ4v) is 1.64. The molecule has 0 spiro atoms. The van der Waals surface area contributed by atoms with Crippen molar-refractivity contribution in [2.75, 3.05) is 11.9 Å². The normalized spacial score (nSPS) is 10.3. The topological polar surface area (TPSA) is 37.8 Å². The molecule has 0 radical (unpaired) electrons. The molecule has 1 N–H and O–H groups in total. The van der Waals surface area contributed by atoms with Gasteiger partial charge in [0.15, 0.2) is 0 Å². The highest BCUT2D eigenvalue weighted by molar-refractivity contribution is 5.62. The standard InChI is InChI=1S/C13H14FN3/c1-3-15-13-8-12(16-9(2)17-13)10-5-4-6-11(14)7-10/h4-8H,3H2,1-2H3,(H,15,16,17). The van der Waals surface area contributed by atoms with Gasteiger partial charge in [-0.05, 0) is 26.0 Å². The highest BCUT2D eigenvalue weighted by atomic mass is 19.1. The van der Waals surface area contributed by atoms with Gasteiger partial charge >= 0.3 is 0 Å². The summed E-state index contributed by atoms with van der Waals surface area (Å²) in [5.74, 6) is 1.17. The number of halogens is 1. The Balaban J connectivity index is 2.44. The highest BCUT2D eigenvalue weighted by Gasteiger charge is 2.04. The van der Waals surface area contributed by atoms with Crippen LogP contribution in [0.2, 0.25) is 0 Å². The zero-order valence-corrected chi connectivity index (χ0v) is 9.87. The fraction of sp³-hybridized carbons (Fsp3) is 0.231. The molecule has 0 aliphatic heterocycles. The third-order valence-corrected chi connectivity index (χ3v) is 2.32. The summed E-state index contributed by atoms with van der Waals surface area (Å²) in [5.41, 5.74) is 1.49. The van der Waals surface area contributed by atoms with Crippen LogP contribution in [0, 0.1) is 12.7 Å². The van der Waals surface area contributed by atoms with E-state index in [2.05, 4.69) is 15.3 Å². The van der Waals surface area contributed by atoms with Crippen molar-refractivity contribution in [1.29, 1.82) is 0 Å². The van der Waals surface area contributed by atoms with E-state index in [1.165, 1.54) is 12.1 Å². The number of aromatic nitrogens is 2. The van der Waals surface area contributed by atoms with Crippen LogP contribution in [0.3, 0.4) is 0 Å². The number of rotatable bonds is 3. The lowest BCUT2D eigenvalue weighted by Crippen LogP contribution is -2.02. The molecule has 1 aromatic heterocycles. The van der Waals surface area contributed by atoms with Gasteiger partial charge in [0.05, 0.1) is 5.69 Å². The molecular formula is C13H14FN3. The molecule has 2 rings (SSSR count). The second-order valence-corrected chi connectivity index (χ2v) is 3.73. The summed E-state index contributed by atoms with van der Waals surface area (Å²) >= 11 is 0. The molecular weight excluding hydrogens is 217 g/mol. The van der Waals surface area contributed by atoms with Crippen LogP contribution in [0.5, 0.6) is 0 Å². The summed E-state index contributed by atoms with van der Waals surface area (Å²) in [4.78, 5) is 8.57. The van der Waals surface area contributed by atoms with Gasteiger partial charge in [-0.25, -0.2) is 14.4 Å². The van der Waals surface area contributed by atoms with E-state index in [1.807, 2.05) is 26.0 Å². The molecule has 0 saturated carbocycles. The van der Waals surface area contributed by atoms with Crippen LogP contribution in [-0.4, -0.2) is 16.5 Å². The van der Waals surface area contributed by atoms with Crippen LogP contribution >= 0.6 is 0 Å². The molecule has 0 amide bonds. The molecule has 17 heavy (non-hydrogen) atoms. The van der Waals surface area contributed by atoms with Crippen LogP contribution in [-0.2, 0) is 0 Å². The van der Waals surface area contributed by atoms with Gasteiger partial charge in [0, 0.05) is 18.2 Å². The van der Waals surface area contributed by atoms with E-state index in [4.69, 9.17) is 0 Å². The van der Waals surface area contributed by atoms with Gasteiger partial charge in [0.2, 0.25) is 0 Å². The Morgan fingerprint density at radius 2 is 2.06 bits per heavy atom. The third kappa shape index (κ3) is 2.78. The van der Waals surface area contributed by atoms with Gasteiger partial charge in [-0.2, -0.15) is 0 Å². The Morgan fingerprint density at radius 3 is 2.76 bits per heavy atom. The number of benzene rings is 1. The molecule has 0 aliphatic carbocycles. The van der Waals surface area contributed by atoms with E-state index < -0.39 is 0 Å². The maximum absolute atomic E-state index is 13.1. The molecule has 0 atom stereocenters. The van der Waals surface area contributed by atoms with Crippen LogP contribution in [0.25, 0.3) is 11.3 Å². The maximum Gasteiger partial charge on any atom is 0.130 e. The Kier molecular flexibility index (Phi) is 3.32. The minimum Gasteiger partial charge on any atom is -0.370 e. The van der Waals surface area contributed by atoms with Crippen LogP contribution in [0.1, 0.15) is 12.7 Å². The molecule has 1 heterocycles. The van der Waals surface area contributed by atoms with Gasteiger partial charge < -0.3 is 5.32 Å². The maximum atomic E-state index is 13.1. The Bertz CT molecular complexity index is 526. The van der Waals surface area contributed by atoms with Crippen molar-refractivity contribution in [3.63, 3.8) is 0 Å². The van der Waals surface area contributed by atoms with E-state index in [0.717, 1.165) is 23.6 Å². The van der Waals surface area contributed by atoms with Gasteiger partial charge in [-0.1, -0.05) is 12.1 Å². The van der Waals surface area contributed by atoms with E-state index in [0.29, 0.717) is 5.82 Å². The molecule has 3 nitrogen and oxygen atoms in total. The summed E-state index contributed by atoms with van der Waals surface area (Å²) in [7, 11) is 0. The number of hydrogen-bond acceptors (Lipinski definition) is 3. The molecule has 0 unspecified atom stereocenters. The predicted molar refractivity (Wildman–Crippen MR) is 66.3 cm³/mol. The molecule has 1 aromatic carbocycles. The van der Waals surface area contributed by atoms with Gasteiger partial charge in [0.1, 0.15) is 17.5 Å². The van der Waals surface area contributed by atoms with E-state index in [9.17, 15) is 4.39 Å². The lowest BCUT2D eigenvalue weighted by molar-refractivity contribution is 0.628. The average Bonchev–Trinajstić information content (AvgIpc) is 2.28. The van der Waals surface area contributed by atoms with Crippen molar-refractivity contribution in [3.05, 3.63) is 42.0 Å². The van der Waals surface area contributed by atoms with E-state index >= 15 is 0 Å². The summed E-state index contributed by atoms with van der Waals surface area (Å²) in [6.45, 7) is 4.61. The third-order valence-electron chi connectivity index (χ3n) is 2.32. The van der Waals surface area contributed by atoms with Crippen molar-refractivity contribution in [1.82, 2.24) is 9.97 Å². The SMILES string of the molecule is CCNc1cc(-c2cccc(F)c2)nc(C)n1. The molecule has 0 fully saturated rings. The van der Waals surface area contributed by atoms with Gasteiger partial charge in [-0.15, -0.1) is 0 Å². The lowest BCUT2D eigenvalue weighted by Gasteiger charge is -2.07. The molecule has 0 bridgehead atoms. The largest absolute Gasteiger partial charge is 0.370 e. The Morgan fingerprint density at radius 1 is 1.24 bits per heavy atom. The fourth-order valence-electron chi connectivity index (χ4n) is 1.64. The Labute approximate surface area is 99.7 Å². The number of aryl methyl sites for hydroxylation is 1. The van der Waals surface area contributed by atoms with Crippen molar-refractivity contribution in [3.8, 4) is 11.3 Å². The number of anilines is 1. The number of nitrogens with one attached hydrogen (secondary N) is 1. The monoisotopic (exact) mass is 231 g/mol. The first-order valence-corrected chi connectivity index (χ1v) is 5.54. The molecule has 0 aliphatic rings. The lowest BCUT2D eigenvalue weighted by atomic mass is 10.1. The predicted octanol–water partition coefficient (Wildman–Crippen LogP) is 3.02. The number of hydrogen-bond donors (Lipinski definition) is 1. The smallest absolute Gasteiger partial charge is 0.130 e. The van der Waals surface area contributed by atoms with Crippen molar-refractivity contribution in [2.24, 2.45) is 0 Å². The molecule has 88 valence electrons. The second-order valence-electron chi connectivity index (χ2n) is 3.73. The van der Waals surface area contributed by atoms with E-state index in [1.54, 1.807) is 6.07 Å².